The third kappa shape index (κ3) is 3.39. The highest BCUT2D eigenvalue weighted by Gasteiger charge is 2.53. The molecule has 1 amide bonds. The van der Waals surface area contributed by atoms with E-state index in [1.165, 1.54) is 0 Å². The molecule has 3 saturated heterocycles. The van der Waals surface area contributed by atoms with Gasteiger partial charge in [0.25, 0.3) is 0 Å². The molecule has 1 aliphatic carbocycles. The number of nitrogens with two attached hydrogens (primary N) is 1. The summed E-state index contributed by atoms with van der Waals surface area (Å²) in [5.41, 5.74) is 8.70. The van der Waals surface area contributed by atoms with Gasteiger partial charge in [0.15, 0.2) is 0 Å². The first-order valence-corrected chi connectivity index (χ1v) is 11.4. The van der Waals surface area contributed by atoms with E-state index in [2.05, 4.69) is 15.9 Å². The van der Waals surface area contributed by atoms with Crippen molar-refractivity contribution in [2.45, 2.75) is 68.5 Å². The number of carbonyl (C=O) groups is 2. The van der Waals surface area contributed by atoms with Crippen molar-refractivity contribution in [3.63, 3.8) is 0 Å². The smallest absolute Gasteiger partial charge is 0.335 e. The Balaban J connectivity index is 1.25. The van der Waals surface area contributed by atoms with Crippen LogP contribution in [0.5, 0.6) is 0 Å². The zero-order valence-corrected chi connectivity index (χ0v) is 17.9. The van der Waals surface area contributed by atoms with Gasteiger partial charge in [0.05, 0.1) is 23.7 Å². The van der Waals surface area contributed by atoms with E-state index in [1.807, 2.05) is 6.07 Å². The van der Waals surface area contributed by atoms with Gasteiger partial charge in [-0.3, -0.25) is 14.6 Å². The van der Waals surface area contributed by atoms with E-state index in [1.54, 1.807) is 17.0 Å². The molecule has 3 fully saturated rings. The van der Waals surface area contributed by atoms with Gasteiger partial charge >= 0.3 is 5.97 Å². The second-order valence-electron chi connectivity index (χ2n) is 9.47. The van der Waals surface area contributed by atoms with Crippen molar-refractivity contribution in [3.05, 3.63) is 34.9 Å². The molecule has 9 nitrogen and oxygen atoms in total. The molecule has 9 heteroatoms. The minimum Gasteiger partial charge on any atom is -0.478 e. The van der Waals surface area contributed by atoms with Crippen LogP contribution in [0.15, 0.2) is 18.2 Å². The summed E-state index contributed by atoms with van der Waals surface area (Å²) in [6, 6.07) is 6.57. The average molecular weight is 440 g/mol. The zero-order chi connectivity index (χ0) is 22.6. The first-order valence-electron chi connectivity index (χ1n) is 11.4. The van der Waals surface area contributed by atoms with Gasteiger partial charge in [-0.1, -0.05) is 6.07 Å². The summed E-state index contributed by atoms with van der Waals surface area (Å²) in [5.74, 6) is -1.10. The highest BCUT2D eigenvalue weighted by molar-refractivity contribution is 5.88. The maximum Gasteiger partial charge on any atom is 0.335 e. The first-order chi connectivity index (χ1) is 15.4. The molecule has 0 radical (unpaired) electrons. The fourth-order valence-corrected chi connectivity index (χ4v) is 6.24. The molecule has 0 spiro atoms. The van der Waals surface area contributed by atoms with E-state index in [-0.39, 0.29) is 30.1 Å². The molecule has 1 aromatic rings. The largest absolute Gasteiger partial charge is 0.478 e. The van der Waals surface area contributed by atoms with Crippen LogP contribution in [-0.4, -0.2) is 86.8 Å². The molecule has 3 heterocycles. The molecular weight excluding hydrogens is 410 g/mol. The van der Waals surface area contributed by atoms with Gasteiger partial charge in [0.2, 0.25) is 5.91 Å². The molecular formula is C23H29N5O4. The number of carboxylic acids is 1. The second-order valence-corrected chi connectivity index (χ2v) is 9.47. The number of likely N-dealkylation sites (tertiary alicyclic amines) is 3. The molecule has 2 bridgehead atoms. The van der Waals surface area contributed by atoms with Gasteiger partial charge in [-0.15, -0.1) is 0 Å². The molecule has 4 aliphatic rings. The Morgan fingerprint density at radius 2 is 2.12 bits per heavy atom. The van der Waals surface area contributed by atoms with Crippen LogP contribution in [0.25, 0.3) is 0 Å². The number of hydrogen-bond donors (Lipinski definition) is 3. The number of piperazine rings is 1. The van der Waals surface area contributed by atoms with E-state index in [0.717, 1.165) is 43.4 Å². The lowest BCUT2D eigenvalue weighted by atomic mass is 10.0. The van der Waals surface area contributed by atoms with Gasteiger partial charge in [-0.25, -0.2) is 4.79 Å². The Bertz CT molecular complexity index is 976. The van der Waals surface area contributed by atoms with Crippen LogP contribution in [0, 0.1) is 11.3 Å². The lowest BCUT2D eigenvalue weighted by Gasteiger charge is -2.42. The van der Waals surface area contributed by atoms with Gasteiger partial charge < -0.3 is 20.8 Å². The summed E-state index contributed by atoms with van der Waals surface area (Å²) >= 11 is 0. The van der Waals surface area contributed by atoms with Gasteiger partial charge in [0.1, 0.15) is 12.3 Å². The van der Waals surface area contributed by atoms with Crippen molar-refractivity contribution in [1.29, 1.82) is 5.26 Å². The third-order valence-corrected chi connectivity index (χ3v) is 7.73. The van der Waals surface area contributed by atoms with E-state index >= 15 is 0 Å². The third-order valence-electron chi connectivity index (χ3n) is 7.73. The highest BCUT2D eigenvalue weighted by atomic mass is 16.4. The van der Waals surface area contributed by atoms with E-state index in [0.29, 0.717) is 25.1 Å². The number of aromatic carboxylic acids is 1. The number of nitriles is 1. The quantitative estimate of drug-likeness (QED) is 0.596. The maximum absolute atomic E-state index is 12.8. The Hall–Kier alpha value is -2.51. The van der Waals surface area contributed by atoms with Crippen molar-refractivity contribution >= 4 is 11.9 Å². The van der Waals surface area contributed by atoms with Crippen molar-refractivity contribution in [3.8, 4) is 6.07 Å². The summed E-state index contributed by atoms with van der Waals surface area (Å²) in [6.07, 6.45) is 3.38. The van der Waals surface area contributed by atoms with Crippen molar-refractivity contribution in [2.24, 2.45) is 5.73 Å². The maximum atomic E-state index is 12.8. The Morgan fingerprint density at radius 3 is 2.84 bits per heavy atom. The van der Waals surface area contributed by atoms with E-state index in [9.17, 15) is 25.1 Å². The molecule has 3 aliphatic heterocycles. The predicted octanol–water partition coefficient (Wildman–Crippen LogP) is 0.291. The SMILES string of the molecule is N#CC1CCCN1C(=O)[C@@H](N)CN1C[C@@H]2CC1C(O)N2C1CCc2cc(C(=O)O)ccc21. The number of aryl methyl sites for hydroxylation is 1. The number of fused-ring (bicyclic) bond motifs is 3. The molecule has 6 atom stereocenters. The fourth-order valence-electron chi connectivity index (χ4n) is 6.24. The number of aliphatic hydroxyl groups excluding tert-OH is 1. The Kier molecular flexibility index (Phi) is 5.42. The number of carbonyl (C=O) groups excluding carboxylic acids is 1. The molecule has 4 unspecified atom stereocenters. The number of hydrogen-bond acceptors (Lipinski definition) is 7. The van der Waals surface area contributed by atoms with Crippen LogP contribution in [0.3, 0.4) is 0 Å². The Morgan fingerprint density at radius 1 is 1.31 bits per heavy atom. The van der Waals surface area contributed by atoms with Crippen molar-refractivity contribution in [1.82, 2.24) is 14.7 Å². The minimum absolute atomic E-state index is 0.0773. The van der Waals surface area contributed by atoms with Gasteiger partial charge in [-0.2, -0.15) is 5.26 Å². The normalized spacial score (nSPS) is 32.8. The lowest BCUT2D eigenvalue weighted by molar-refractivity contribution is -0.134. The van der Waals surface area contributed by atoms with E-state index < -0.39 is 18.2 Å². The fraction of sp³-hybridized carbons (Fsp3) is 0.609. The van der Waals surface area contributed by atoms with Crippen LogP contribution in [-0.2, 0) is 11.2 Å². The van der Waals surface area contributed by atoms with Crippen LogP contribution in [0.1, 0.15) is 53.2 Å². The topological polar surface area (TPSA) is 134 Å². The molecule has 170 valence electrons. The number of nitrogens with zero attached hydrogens (tertiary/aromatic N) is 4. The number of aliphatic hydroxyl groups is 1. The number of benzene rings is 1. The molecule has 0 saturated carbocycles. The molecule has 0 aromatic heterocycles. The molecule has 4 N–H and O–H groups in total. The van der Waals surface area contributed by atoms with Crippen molar-refractivity contribution in [2.75, 3.05) is 19.6 Å². The second kappa shape index (κ2) is 8.12. The van der Waals surface area contributed by atoms with Crippen LogP contribution < -0.4 is 5.73 Å². The van der Waals surface area contributed by atoms with Crippen molar-refractivity contribution < 1.29 is 19.8 Å². The lowest BCUT2D eigenvalue weighted by Crippen LogP contribution is -2.58. The zero-order valence-electron chi connectivity index (χ0n) is 17.9. The molecule has 1 aromatic carbocycles. The monoisotopic (exact) mass is 439 g/mol. The highest BCUT2D eigenvalue weighted by Crippen LogP contribution is 2.45. The number of rotatable bonds is 5. The molecule has 32 heavy (non-hydrogen) atoms. The van der Waals surface area contributed by atoms with Crippen LogP contribution in [0.2, 0.25) is 0 Å². The number of carboxylic acid groups (broad SMARTS) is 1. The van der Waals surface area contributed by atoms with E-state index in [4.69, 9.17) is 5.73 Å². The Labute approximate surface area is 187 Å². The summed E-state index contributed by atoms with van der Waals surface area (Å²) in [6.45, 7) is 1.70. The summed E-state index contributed by atoms with van der Waals surface area (Å²) < 4.78 is 0. The molecule has 5 rings (SSSR count). The number of amides is 1. The summed E-state index contributed by atoms with van der Waals surface area (Å²) in [7, 11) is 0. The predicted molar refractivity (Wildman–Crippen MR) is 114 cm³/mol. The summed E-state index contributed by atoms with van der Waals surface area (Å²) in [5, 5.41) is 29.6. The van der Waals surface area contributed by atoms with Crippen LogP contribution in [0.4, 0.5) is 0 Å². The average Bonchev–Trinajstić information content (AvgIpc) is 3.55. The van der Waals surface area contributed by atoms with Gasteiger partial charge in [0, 0.05) is 31.7 Å². The standard InChI is InChI=1S/C23H29N5O4/c24-10-15-2-1-7-27(15)21(29)18(25)12-26-11-16-9-20(26)22(30)28(16)19-6-4-13-8-14(23(31)32)3-5-17(13)19/h3,5,8,15-16,18-20,22,30H,1-2,4,6-7,9,11-12,25H2,(H,31,32)/t15?,16-,18-,19?,20?,22?/m0/s1. The van der Waals surface area contributed by atoms with Gasteiger partial charge in [-0.05, 0) is 55.4 Å². The minimum atomic E-state index is -0.923. The first kappa shape index (κ1) is 21.3. The van der Waals surface area contributed by atoms with Crippen LogP contribution >= 0.6 is 0 Å². The summed E-state index contributed by atoms with van der Waals surface area (Å²) in [4.78, 5) is 30.0.